The zero-order valence-electron chi connectivity index (χ0n) is 14.9. The van der Waals surface area contributed by atoms with Crippen molar-refractivity contribution in [1.82, 2.24) is 9.66 Å². The van der Waals surface area contributed by atoms with Crippen LogP contribution in [0.15, 0.2) is 59.4 Å². The van der Waals surface area contributed by atoms with E-state index in [0.29, 0.717) is 5.39 Å². The van der Waals surface area contributed by atoms with Gasteiger partial charge >= 0.3 is 0 Å². The summed E-state index contributed by atoms with van der Waals surface area (Å²) in [5.74, 6) is 0.840. The highest BCUT2D eigenvalue weighted by Crippen LogP contribution is 2.55. The lowest BCUT2D eigenvalue weighted by molar-refractivity contribution is 0.504. The van der Waals surface area contributed by atoms with Crippen LogP contribution in [-0.4, -0.2) is 15.7 Å². The van der Waals surface area contributed by atoms with Crippen LogP contribution in [0.2, 0.25) is 0 Å². The molecule has 2 unspecified atom stereocenters. The standard InChI is InChI=1S/C22H22N3O/c1-2-20-23-18-13-7-6-12-17(18)21(26)24(20)25-19-14-8-9-15-22(19,25)16-10-4-3-5-11-16/h3-7,10-14,19H,2,8-9,15H2,1H3. The van der Waals surface area contributed by atoms with Crippen LogP contribution in [0.25, 0.3) is 10.9 Å². The third-order valence-corrected chi connectivity index (χ3v) is 5.87. The molecule has 26 heavy (non-hydrogen) atoms. The van der Waals surface area contributed by atoms with Gasteiger partial charge in [-0.1, -0.05) is 55.8 Å². The summed E-state index contributed by atoms with van der Waals surface area (Å²) < 4.78 is 1.86. The minimum absolute atomic E-state index is 0.0468. The van der Waals surface area contributed by atoms with Gasteiger partial charge in [-0.05, 0) is 37.0 Å². The van der Waals surface area contributed by atoms with E-state index in [1.807, 2.05) is 28.9 Å². The first-order valence-corrected chi connectivity index (χ1v) is 9.46. The van der Waals surface area contributed by atoms with Crippen molar-refractivity contribution in [2.45, 2.75) is 44.2 Å². The Balaban J connectivity index is 1.73. The van der Waals surface area contributed by atoms with Crippen molar-refractivity contribution in [1.29, 1.82) is 0 Å². The highest BCUT2D eigenvalue weighted by molar-refractivity contribution is 5.77. The molecule has 1 aliphatic carbocycles. The lowest BCUT2D eigenvalue weighted by Gasteiger charge is -2.22. The Hall–Kier alpha value is -2.62. The van der Waals surface area contributed by atoms with Gasteiger partial charge in [0.2, 0.25) is 0 Å². The molecule has 1 saturated heterocycles. The van der Waals surface area contributed by atoms with Gasteiger partial charge < -0.3 is 0 Å². The molecule has 2 aromatic carbocycles. The van der Waals surface area contributed by atoms with Crippen LogP contribution in [-0.2, 0) is 12.0 Å². The minimum atomic E-state index is -0.0998. The summed E-state index contributed by atoms with van der Waals surface area (Å²) in [6, 6.07) is 18.5. The first-order chi connectivity index (χ1) is 12.8. The molecule has 131 valence electrons. The molecule has 1 saturated carbocycles. The van der Waals surface area contributed by atoms with E-state index in [9.17, 15) is 4.79 Å². The van der Waals surface area contributed by atoms with E-state index in [0.717, 1.165) is 37.0 Å². The van der Waals surface area contributed by atoms with Crippen molar-refractivity contribution in [2.75, 3.05) is 5.01 Å². The maximum Gasteiger partial charge on any atom is 0.280 e. The summed E-state index contributed by atoms with van der Waals surface area (Å²) in [7, 11) is 0. The highest BCUT2D eigenvalue weighted by atomic mass is 16.1. The van der Waals surface area contributed by atoms with Crippen LogP contribution < -0.4 is 10.6 Å². The molecule has 0 amide bonds. The Morgan fingerprint density at radius 2 is 1.88 bits per heavy atom. The fraction of sp³-hybridized carbons (Fsp3) is 0.318. The van der Waals surface area contributed by atoms with Gasteiger partial charge in [-0.25, -0.2) is 9.66 Å². The molecular weight excluding hydrogens is 322 g/mol. The predicted molar refractivity (Wildman–Crippen MR) is 104 cm³/mol. The number of hydrogen-bond acceptors (Lipinski definition) is 3. The molecule has 1 radical (unpaired) electrons. The average Bonchev–Trinajstić information content (AvgIpc) is 3.38. The van der Waals surface area contributed by atoms with Crippen LogP contribution >= 0.6 is 0 Å². The Bertz CT molecular complexity index is 1030. The van der Waals surface area contributed by atoms with Crippen LogP contribution in [0.3, 0.4) is 0 Å². The zero-order valence-corrected chi connectivity index (χ0v) is 14.9. The van der Waals surface area contributed by atoms with Gasteiger partial charge in [0.15, 0.2) is 0 Å². The lowest BCUT2D eigenvalue weighted by atomic mass is 9.84. The van der Waals surface area contributed by atoms with Crippen molar-refractivity contribution in [3.8, 4) is 0 Å². The molecule has 4 heteroatoms. The molecule has 5 rings (SSSR count). The van der Waals surface area contributed by atoms with E-state index in [-0.39, 0.29) is 17.1 Å². The number of nitrogens with zero attached hydrogens (tertiary/aromatic N) is 3. The van der Waals surface area contributed by atoms with E-state index in [1.54, 1.807) is 0 Å². The van der Waals surface area contributed by atoms with Crippen molar-refractivity contribution < 1.29 is 0 Å². The lowest BCUT2D eigenvalue weighted by Crippen LogP contribution is -2.36. The molecular formula is C22H22N3O. The Kier molecular flexibility index (Phi) is 3.42. The molecule has 3 aromatic rings. The second-order valence-electron chi connectivity index (χ2n) is 7.22. The summed E-state index contributed by atoms with van der Waals surface area (Å²) in [6.45, 7) is 2.07. The van der Waals surface area contributed by atoms with E-state index < -0.39 is 0 Å². The van der Waals surface area contributed by atoms with Crippen LogP contribution in [0.1, 0.15) is 37.6 Å². The fourth-order valence-corrected chi connectivity index (χ4v) is 4.64. The predicted octanol–water partition coefficient (Wildman–Crippen LogP) is 3.56. The number of fused-ring (bicyclic) bond motifs is 2. The maximum atomic E-state index is 13.4. The van der Waals surface area contributed by atoms with E-state index in [2.05, 4.69) is 48.7 Å². The van der Waals surface area contributed by atoms with Crippen LogP contribution in [0.5, 0.6) is 0 Å². The third kappa shape index (κ3) is 2.02. The SMILES string of the molecule is CCc1nc2ccccc2c(=O)n1N1C2[CH]CCCC21c1ccccc1. The van der Waals surface area contributed by atoms with Crippen molar-refractivity contribution in [3.05, 3.63) is 82.8 Å². The minimum Gasteiger partial charge on any atom is -0.290 e. The van der Waals surface area contributed by atoms with Gasteiger partial charge in [0.25, 0.3) is 5.56 Å². The fourth-order valence-electron chi connectivity index (χ4n) is 4.64. The molecule has 2 atom stereocenters. The zero-order chi connectivity index (χ0) is 17.7. The Labute approximate surface area is 153 Å². The Morgan fingerprint density at radius 1 is 1.12 bits per heavy atom. The second-order valence-corrected chi connectivity index (χ2v) is 7.22. The second kappa shape index (κ2) is 5.70. The van der Waals surface area contributed by atoms with Gasteiger partial charge in [0, 0.05) is 6.42 Å². The van der Waals surface area contributed by atoms with E-state index in [1.165, 1.54) is 5.56 Å². The van der Waals surface area contributed by atoms with Gasteiger partial charge in [0.05, 0.1) is 16.9 Å². The molecule has 0 bridgehead atoms. The topological polar surface area (TPSA) is 37.9 Å². The quantitative estimate of drug-likeness (QED) is 0.682. The maximum absolute atomic E-state index is 13.4. The molecule has 2 heterocycles. The first kappa shape index (κ1) is 15.6. The van der Waals surface area contributed by atoms with Crippen LogP contribution in [0.4, 0.5) is 0 Å². The largest absolute Gasteiger partial charge is 0.290 e. The number of rotatable bonds is 3. The molecule has 1 aromatic heterocycles. The number of benzene rings is 2. The average molecular weight is 344 g/mol. The summed E-state index contributed by atoms with van der Waals surface area (Å²) in [5.41, 5.74) is 2.03. The van der Waals surface area contributed by atoms with E-state index >= 15 is 0 Å². The summed E-state index contributed by atoms with van der Waals surface area (Å²) >= 11 is 0. The summed E-state index contributed by atoms with van der Waals surface area (Å²) in [4.78, 5) is 18.2. The third-order valence-electron chi connectivity index (χ3n) is 5.87. The van der Waals surface area contributed by atoms with Crippen molar-refractivity contribution in [2.24, 2.45) is 0 Å². The van der Waals surface area contributed by atoms with Gasteiger partial charge in [-0.3, -0.25) is 9.80 Å². The van der Waals surface area contributed by atoms with Crippen LogP contribution in [0, 0.1) is 6.42 Å². The molecule has 2 aliphatic rings. The van der Waals surface area contributed by atoms with Gasteiger partial charge in [-0.15, -0.1) is 0 Å². The number of aromatic nitrogens is 2. The van der Waals surface area contributed by atoms with E-state index in [4.69, 9.17) is 4.98 Å². The number of para-hydroxylation sites is 1. The monoisotopic (exact) mass is 344 g/mol. The number of hydrogen-bond donors (Lipinski definition) is 0. The smallest absolute Gasteiger partial charge is 0.280 e. The molecule has 4 nitrogen and oxygen atoms in total. The molecule has 2 fully saturated rings. The Morgan fingerprint density at radius 3 is 2.69 bits per heavy atom. The molecule has 1 aliphatic heterocycles. The normalized spacial score (nSPS) is 24.5. The van der Waals surface area contributed by atoms with Crippen molar-refractivity contribution in [3.63, 3.8) is 0 Å². The van der Waals surface area contributed by atoms with Gasteiger partial charge in [0.1, 0.15) is 11.4 Å². The van der Waals surface area contributed by atoms with Crippen molar-refractivity contribution >= 4 is 10.9 Å². The molecule has 0 spiro atoms. The van der Waals surface area contributed by atoms with Gasteiger partial charge in [-0.2, -0.15) is 0 Å². The summed E-state index contributed by atoms with van der Waals surface area (Å²) in [6.07, 6.45) is 6.43. The number of aryl methyl sites for hydroxylation is 1. The molecule has 0 N–H and O–H groups in total. The summed E-state index contributed by atoms with van der Waals surface area (Å²) in [5, 5.41) is 2.97. The first-order valence-electron chi connectivity index (χ1n) is 9.46. The highest BCUT2D eigenvalue weighted by Gasteiger charge is 2.65.